The molecule has 0 atom stereocenters. The fourth-order valence-electron chi connectivity index (χ4n) is 2.07. The summed E-state index contributed by atoms with van der Waals surface area (Å²) in [4.78, 5) is 12.1. The van der Waals surface area contributed by atoms with Crippen LogP contribution in [0.5, 0.6) is 0 Å². The number of hydrogen-bond donors (Lipinski definition) is 1. The quantitative estimate of drug-likeness (QED) is 0.781. The second-order valence-corrected chi connectivity index (χ2v) is 5.65. The molecule has 0 aliphatic rings. The second-order valence-electron chi connectivity index (χ2n) is 4.64. The number of para-hydroxylation sites is 1. The van der Waals surface area contributed by atoms with Crippen LogP contribution in [-0.2, 0) is 0 Å². The summed E-state index contributed by atoms with van der Waals surface area (Å²) in [5.41, 5.74) is 8.41. The number of rotatable bonds is 2. The summed E-state index contributed by atoms with van der Waals surface area (Å²) in [6.07, 6.45) is 0. The SMILES string of the molecule is Cc1ccccc1-n1nc(-c2nnc(N)s2)c(=O)cc1C. The summed E-state index contributed by atoms with van der Waals surface area (Å²) in [5, 5.41) is 12.8. The maximum Gasteiger partial charge on any atom is 0.210 e. The van der Waals surface area contributed by atoms with Gasteiger partial charge < -0.3 is 5.73 Å². The van der Waals surface area contributed by atoms with Crippen LogP contribution in [0.25, 0.3) is 16.4 Å². The van der Waals surface area contributed by atoms with Gasteiger partial charge in [-0.3, -0.25) is 4.79 Å². The van der Waals surface area contributed by atoms with Gasteiger partial charge in [0, 0.05) is 11.8 Å². The monoisotopic (exact) mass is 299 g/mol. The van der Waals surface area contributed by atoms with Gasteiger partial charge >= 0.3 is 0 Å². The van der Waals surface area contributed by atoms with E-state index in [4.69, 9.17) is 5.73 Å². The van der Waals surface area contributed by atoms with E-state index in [1.807, 2.05) is 38.1 Å². The minimum Gasteiger partial charge on any atom is -0.374 e. The number of benzene rings is 1. The van der Waals surface area contributed by atoms with Gasteiger partial charge in [0.05, 0.1) is 5.69 Å². The molecule has 106 valence electrons. The maximum atomic E-state index is 12.1. The molecule has 3 rings (SSSR count). The molecule has 1 aromatic carbocycles. The van der Waals surface area contributed by atoms with E-state index in [-0.39, 0.29) is 11.1 Å². The lowest BCUT2D eigenvalue weighted by Gasteiger charge is -2.12. The fourth-order valence-corrected chi connectivity index (χ4v) is 2.67. The molecule has 0 saturated heterocycles. The lowest BCUT2D eigenvalue weighted by molar-refractivity contribution is 0.798. The molecule has 7 heteroatoms. The van der Waals surface area contributed by atoms with Gasteiger partial charge in [-0.25, -0.2) is 4.68 Å². The predicted molar refractivity (Wildman–Crippen MR) is 82.6 cm³/mol. The summed E-state index contributed by atoms with van der Waals surface area (Å²) >= 11 is 1.15. The highest BCUT2D eigenvalue weighted by molar-refractivity contribution is 7.18. The van der Waals surface area contributed by atoms with Crippen LogP contribution in [0.4, 0.5) is 5.13 Å². The van der Waals surface area contributed by atoms with Gasteiger partial charge in [-0.1, -0.05) is 29.5 Å². The first kappa shape index (κ1) is 13.4. The molecule has 2 aromatic heterocycles. The van der Waals surface area contributed by atoms with Gasteiger partial charge in [-0.2, -0.15) is 5.10 Å². The molecule has 2 N–H and O–H groups in total. The van der Waals surface area contributed by atoms with Crippen molar-refractivity contribution in [2.75, 3.05) is 5.73 Å². The molecule has 0 amide bonds. The Morgan fingerprint density at radius 1 is 1.19 bits per heavy atom. The molecular formula is C14H13N5OS. The molecule has 0 saturated carbocycles. The lowest BCUT2D eigenvalue weighted by Crippen LogP contribution is -2.16. The van der Waals surface area contributed by atoms with Crippen LogP contribution in [0.1, 0.15) is 11.3 Å². The number of aromatic nitrogens is 4. The first-order valence-electron chi connectivity index (χ1n) is 6.32. The first-order chi connectivity index (χ1) is 10.1. The standard InChI is InChI=1S/C14H13N5OS/c1-8-5-3-4-6-10(8)19-9(2)7-11(20)12(18-19)13-16-17-14(15)21-13/h3-7H,1-2H3,(H2,15,17). The Balaban J connectivity index is 2.24. The van der Waals surface area contributed by atoms with Crippen molar-refractivity contribution in [2.45, 2.75) is 13.8 Å². The van der Waals surface area contributed by atoms with E-state index in [1.165, 1.54) is 0 Å². The molecular weight excluding hydrogens is 286 g/mol. The van der Waals surface area contributed by atoms with E-state index < -0.39 is 0 Å². The number of nitrogens with two attached hydrogens (primary N) is 1. The lowest BCUT2D eigenvalue weighted by atomic mass is 10.2. The van der Waals surface area contributed by atoms with Gasteiger partial charge in [-0.15, -0.1) is 10.2 Å². The smallest absolute Gasteiger partial charge is 0.210 e. The van der Waals surface area contributed by atoms with Crippen molar-refractivity contribution in [2.24, 2.45) is 0 Å². The predicted octanol–water partition coefficient (Wildman–Crippen LogP) is 1.95. The van der Waals surface area contributed by atoms with E-state index in [1.54, 1.807) is 10.7 Å². The summed E-state index contributed by atoms with van der Waals surface area (Å²) in [5.74, 6) is 0. The van der Waals surface area contributed by atoms with Crippen LogP contribution in [0, 0.1) is 13.8 Å². The van der Waals surface area contributed by atoms with Crippen LogP contribution in [0.15, 0.2) is 35.1 Å². The highest BCUT2D eigenvalue weighted by atomic mass is 32.1. The van der Waals surface area contributed by atoms with Crippen LogP contribution in [0.2, 0.25) is 0 Å². The van der Waals surface area contributed by atoms with Gasteiger partial charge in [0.15, 0.2) is 10.7 Å². The molecule has 0 aliphatic carbocycles. The average molecular weight is 299 g/mol. The number of hydrogen-bond acceptors (Lipinski definition) is 6. The molecule has 0 bridgehead atoms. The Kier molecular flexibility index (Phi) is 3.26. The molecule has 2 heterocycles. The normalized spacial score (nSPS) is 10.8. The van der Waals surface area contributed by atoms with Crippen molar-refractivity contribution in [3.8, 4) is 16.4 Å². The topological polar surface area (TPSA) is 86.7 Å². The Bertz CT molecular complexity index is 868. The summed E-state index contributed by atoms with van der Waals surface area (Å²) in [6, 6.07) is 9.40. The number of anilines is 1. The largest absolute Gasteiger partial charge is 0.374 e. The number of nitrogens with zero attached hydrogens (tertiary/aromatic N) is 4. The molecule has 0 aliphatic heterocycles. The molecule has 6 nitrogen and oxygen atoms in total. The highest BCUT2D eigenvalue weighted by Gasteiger charge is 2.14. The average Bonchev–Trinajstić information content (AvgIpc) is 2.86. The number of aryl methyl sites for hydroxylation is 2. The van der Waals surface area contributed by atoms with Gasteiger partial charge in [0.1, 0.15) is 0 Å². The molecule has 21 heavy (non-hydrogen) atoms. The van der Waals surface area contributed by atoms with E-state index in [0.717, 1.165) is 28.3 Å². The Labute approximate surface area is 124 Å². The van der Waals surface area contributed by atoms with Crippen LogP contribution in [0.3, 0.4) is 0 Å². The van der Waals surface area contributed by atoms with E-state index in [0.29, 0.717) is 10.1 Å². The zero-order valence-corrected chi connectivity index (χ0v) is 12.4. The van der Waals surface area contributed by atoms with E-state index >= 15 is 0 Å². The first-order valence-corrected chi connectivity index (χ1v) is 7.14. The molecule has 3 aromatic rings. The van der Waals surface area contributed by atoms with Gasteiger partial charge in [-0.05, 0) is 25.5 Å². The molecule has 0 spiro atoms. The minimum atomic E-state index is -0.187. The van der Waals surface area contributed by atoms with Crippen LogP contribution < -0.4 is 11.2 Å². The molecule has 0 unspecified atom stereocenters. The zero-order valence-electron chi connectivity index (χ0n) is 11.6. The summed E-state index contributed by atoms with van der Waals surface area (Å²) in [7, 11) is 0. The van der Waals surface area contributed by atoms with Crippen LogP contribution in [-0.4, -0.2) is 20.0 Å². The Hall–Kier alpha value is -2.54. The fraction of sp³-hybridized carbons (Fsp3) is 0.143. The van der Waals surface area contributed by atoms with Crippen molar-refractivity contribution in [3.05, 3.63) is 51.8 Å². The van der Waals surface area contributed by atoms with Crippen molar-refractivity contribution < 1.29 is 0 Å². The third-order valence-electron chi connectivity index (χ3n) is 3.09. The Morgan fingerprint density at radius 2 is 1.95 bits per heavy atom. The van der Waals surface area contributed by atoms with Crippen LogP contribution >= 0.6 is 11.3 Å². The third-order valence-corrected chi connectivity index (χ3v) is 3.85. The van der Waals surface area contributed by atoms with Crippen molar-refractivity contribution in [1.29, 1.82) is 0 Å². The summed E-state index contributed by atoms with van der Waals surface area (Å²) < 4.78 is 1.74. The summed E-state index contributed by atoms with van der Waals surface area (Å²) in [6.45, 7) is 3.84. The third kappa shape index (κ3) is 2.43. The van der Waals surface area contributed by atoms with Crippen molar-refractivity contribution in [3.63, 3.8) is 0 Å². The van der Waals surface area contributed by atoms with Crippen molar-refractivity contribution in [1.82, 2.24) is 20.0 Å². The molecule has 0 radical (unpaired) electrons. The second kappa shape index (κ2) is 5.10. The van der Waals surface area contributed by atoms with Crippen molar-refractivity contribution >= 4 is 16.5 Å². The van der Waals surface area contributed by atoms with E-state index in [2.05, 4.69) is 15.3 Å². The van der Waals surface area contributed by atoms with Gasteiger partial charge in [0.2, 0.25) is 10.6 Å². The molecule has 0 fully saturated rings. The zero-order chi connectivity index (χ0) is 15.0. The van der Waals surface area contributed by atoms with E-state index in [9.17, 15) is 4.79 Å². The van der Waals surface area contributed by atoms with Gasteiger partial charge in [0.25, 0.3) is 0 Å². The highest BCUT2D eigenvalue weighted by Crippen LogP contribution is 2.21. The minimum absolute atomic E-state index is 0.187. The number of nitrogen functional groups attached to an aromatic ring is 1. The maximum absolute atomic E-state index is 12.1. The Morgan fingerprint density at radius 3 is 2.62 bits per heavy atom.